The Morgan fingerprint density at radius 2 is 2.25 bits per heavy atom. The molecule has 0 aliphatic carbocycles. The first-order valence-electron chi connectivity index (χ1n) is 6.14. The molecule has 3 aromatic rings. The molecule has 0 aliphatic heterocycles. The molecule has 104 valence electrons. The van der Waals surface area contributed by atoms with Crippen LogP contribution in [0.1, 0.15) is 5.69 Å². The number of hydrogen-bond donors (Lipinski definition) is 0. The molecule has 0 bridgehead atoms. The van der Waals surface area contributed by atoms with Gasteiger partial charge in [0.25, 0.3) is 0 Å². The molecule has 0 atom stereocenters. The van der Waals surface area contributed by atoms with E-state index < -0.39 is 0 Å². The Morgan fingerprint density at radius 1 is 1.40 bits per heavy atom. The van der Waals surface area contributed by atoms with Gasteiger partial charge in [0.05, 0.1) is 5.88 Å². The van der Waals surface area contributed by atoms with Crippen molar-refractivity contribution in [2.45, 2.75) is 5.88 Å². The number of imidazole rings is 1. The molecule has 0 N–H and O–H groups in total. The van der Waals surface area contributed by atoms with Crippen molar-refractivity contribution in [3.8, 4) is 11.6 Å². The second-order valence-corrected chi connectivity index (χ2v) is 5.69. The predicted molar refractivity (Wildman–Crippen MR) is 83.5 cm³/mol. The van der Waals surface area contributed by atoms with Crippen molar-refractivity contribution in [2.24, 2.45) is 0 Å². The highest BCUT2D eigenvalue weighted by Crippen LogP contribution is 2.30. The second kappa shape index (κ2) is 5.34. The van der Waals surface area contributed by atoms with Crippen LogP contribution < -0.4 is 9.64 Å². The number of ether oxygens (including phenoxy) is 1. The minimum absolute atomic E-state index is 0.362. The molecule has 3 rings (SSSR count). The first-order chi connectivity index (χ1) is 9.69. The van der Waals surface area contributed by atoms with Crippen LogP contribution in [-0.4, -0.2) is 23.5 Å². The highest BCUT2D eigenvalue weighted by molar-refractivity contribution is 7.15. The first kappa shape index (κ1) is 13.3. The third kappa shape index (κ3) is 2.34. The van der Waals surface area contributed by atoms with Gasteiger partial charge in [0.2, 0.25) is 5.88 Å². The summed E-state index contributed by atoms with van der Waals surface area (Å²) in [4.78, 5) is 7.39. The number of thiazole rings is 1. The lowest BCUT2D eigenvalue weighted by Gasteiger charge is -2.13. The van der Waals surface area contributed by atoms with Crippen molar-refractivity contribution in [1.29, 1.82) is 0 Å². The van der Waals surface area contributed by atoms with Gasteiger partial charge < -0.3 is 9.64 Å². The van der Waals surface area contributed by atoms with E-state index in [1.807, 2.05) is 59.2 Å². The average Bonchev–Trinajstić information content (AvgIpc) is 2.99. The fourth-order valence-electron chi connectivity index (χ4n) is 1.95. The topological polar surface area (TPSA) is 29.8 Å². The van der Waals surface area contributed by atoms with Crippen LogP contribution in [0.15, 0.2) is 35.8 Å². The third-order valence-corrected chi connectivity index (χ3v) is 4.01. The van der Waals surface area contributed by atoms with Crippen molar-refractivity contribution in [2.75, 3.05) is 19.0 Å². The van der Waals surface area contributed by atoms with Gasteiger partial charge in [-0.05, 0) is 12.1 Å². The molecule has 6 heteroatoms. The third-order valence-electron chi connectivity index (χ3n) is 3.00. The maximum atomic E-state index is 6.01. The van der Waals surface area contributed by atoms with E-state index in [2.05, 4.69) is 4.98 Å². The average molecular weight is 308 g/mol. The van der Waals surface area contributed by atoms with Crippen molar-refractivity contribution in [1.82, 2.24) is 9.38 Å². The van der Waals surface area contributed by atoms with E-state index in [1.165, 1.54) is 0 Å². The van der Waals surface area contributed by atoms with Gasteiger partial charge in [-0.2, -0.15) is 4.98 Å². The summed E-state index contributed by atoms with van der Waals surface area (Å²) in [5.41, 5.74) is 1.95. The van der Waals surface area contributed by atoms with Gasteiger partial charge in [-0.3, -0.25) is 4.40 Å². The van der Waals surface area contributed by atoms with Crippen LogP contribution in [0.3, 0.4) is 0 Å². The van der Waals surface area contributed by atoms with Gasteiger partial charge in [-0.25, -0.2) is 0 Å². The second-order valence-electron chi connectivity index (χ2n) is 4.55. The van der Waals surface area contributed by atoms with E-state index in [-0.39, 0.29) is 0 Å². The van der Waals surface area contributed by atoms with Gasteiger partial charge in [0.15, 0.2) is 4.96 Å². The summed E-state index contributed by atoms with van der Waals surface area (Å²) in [6, 6.07) is 7.88. The van der Waals surface area contributed by atoms with Crippen molar-refractivity contribution >= 4 is 33.6 Å². The molecule has 0 amide bonds. The summed E-state index contributed by atoms with van der Waals surface area (Å²) in [7, 11) is 3.99. The summed E-state index contributed by atoms with van der Waals surface area (Å²) in [5, 5.41) is 1.98. The Labute approximate surface area is 126 Å². The quantitative estimate of drug-likeness (QED) is 0.683. The fourth-order valence-corrected chi connectivity index (χ4v) is 2.92. The predicted octanol–water partition coefficient (Wildman–Crippen LogP) is 3.99. The fraction of sp³-hybridized carbons (Fsp3) is 0.214. The van der Waals surface area contributed by atoms with Gasteiger partial charge >= 0.3 is 0 Å². The van der Waals surface area contributed by atoms with E-state index in [0.717, 1.165) is 22.1 Å². The van der Waals surface area contributed by atoms with Gasteiger partial charge in [0, 0.05) is 37.4 Å². The number of fused-ring (bicyclic) bond motifs is 1. The molecule has 20 heavy (non-hydrogen) atoms. The molecule has 2 heterocycles. The molecule has 0 radical (unpaired) electrons. The minimum Gasteiger partial charge on any atom is -0.437 e. The molecule has 0 unspecified atom stereocenters. The lowest BCUT2D eigenvalue weighted by molar-refractivity contribution is 0.461. The molecular formula is C14H14ClN3OS. The Kier molecular flexibility index (Phi) is 3.54. The molecular weight excluding hydrogens is 294 g/mol. The maximum Gasteiger partial charge on any atom is 0.243 e. The molecule has 0 fully saturated rings. The molecule has 1 aromatic carbocycles. The smallest absolute Gasteiger partial charge is 0.243 e. The van der Waals surface area contributed by atoms with E-state index in [9.17, 15) is 0 Å². The molecule has 4 nitrogen and oxygen atoms in total. The molecule has 0 saturated carbocycles. The summed E-state index contributed by atoms with van der Waals surface area (Å²) in [5.74, 6) is 1.69. The number of nitrogens with zero attached hydrogens (tertiary/aromatic N) is 3. The molecule has 0 aliphatic rings. The van der Waals surface area contributed by atoms with Crippen LogP contribution in [-0.2, 0) is 5.88 Å². The van der Waals surface area contributed by atoms with Gasteiger partial charge in [0.1, 0.15) is 11.4 Å². The number of hydrogen-bond acceptors (Lipinski definition) is 4. The van der Waals surface area contributed by atoms with Crippen LogP contribution in [0.2, 0.25) is 0 Å². The summed E-state index contributed by atoms with van der Waals surface area (Å²) in [6.07, 6.45) is 1.95. The Morgan fingerprint density at radius 3 is 3.00 bits per heavy atom. The number of rotatable bonds is 4. The standard InChI is InChI=1S/C14H14ClN3OS/c1-17(2)10-4-3-5-11(8-10)19-13-12(9-15)18-6-7-20-14(18)16-13/h3-8H,9H2,1-2H3. The molecule has 2 aromatic heterocycles. The van der Waals surface area contributed by atoms with E-state index in [1.54, 1.807) is 11.3 Å². The number of halogens is 1. The van der Waals surface area contributed by atoms with Crippen molar-refractivity contribution in [3.63, 3.8) is 0 Å². The normalized spacial score (nSPS) is 10.9. The van der Waals surface area contributed by atoms with Crippen molar-refractivity contribution in [3.05, 3.63) is 41.5 Å². The zero-order chi connectivity index (χ0) is 14.1. The number of anilines is 1. The largest absolute Gasteiger partial charge is 0.437 e. The van der Waals surface area contributed by atoms with E-state index >= 15 is 0 Å². The number of aromatic nitrogens is 2. The zero-order valence-electron chi connectivity index (χ0n) is 11.2. The van der Waals surface area contributed by atoms with E-state index in [0.29, 0.717) is 11.8 Å². The summed E-state index contributed by atoms with van der Waals surface area (Å²) >= 11 is 7.57. The van der Waals surface area contributed by atoms with Crippen LogP contribution in [0.4, 0.5) is 5.69 Å². The van der Waals surface area contributed by atoms with E-state index in [4.69, 9.17) is 16.3 Å². The van der Waals surface area contributed by atoms with Gasteiger partial charge in [-0.15, -0.1) is 22.9 Å². The van der Waals surface area contributed by atoms with Crippen LogP contribution in [0, 0.1) is 0 Å². The Bertz CT molecular complexity index is 735. The number of benzene rings is 1. The summed E-state index contributed by atoms with van der Waals surface area (Å²) in [6.45, 7) is 0. The summed E-state index contributed by atoms with van der Waals surface area (Å²) < 4.78 is 7.86. The lowest BCUT2D eigenvalue weighted by Crippen LogP contribution is -2.08. The minimum atomic E-state index is 0.362. The van der Waals surface area contributed by atoms with Crippen LogP contribution >= 0.6 is 22.9 Å². The van der Waals surface area contributed by atoms with Crippen LogP contribution in [0.5, 0.6) is 11.6 Å². The Hall–Kier alpha value is -1.72. The van der Waals surface area contributed by atoms with Gasteiger partial charge in [-0.1, -0.05) is 6.07 Å². The number of alkyl halides is 1. The Balaban J connectivity index is 1.96. The first-order valence-corrected chi connectivity index (χ1v) is 7.56. The maximum absolute atomic E-state index is 6.01. The SMILES string of the molecule is CN(C)c1cccc(Oc2nc3sccn3c2CCl)c1. The zero-order valence-corrected chi connectivity index (χ0v) is 12.8. The monoisotopic (exact) mass is 307 g/mol. The lowest BCUT2D eigenvalue weighted by atomic mass is 10.3. The van der Waals surface area contributed by atoms with Crippen LogP contribution in [0.25, 0.3) is 4.96 Å². The molecule has 0 spiro atoms. The highest BCUT2D eigenvalue weighted by atomic mass is 35.5. The highest BCUT2D eigenvalue weighted by Gasteiger charge is 2.14. The molecule has 0 saturated heterocycles. The van der Waals surface area contributed by atoms with Crippen molar-refractivity contribution < 1.29 is 4.74 Å².